The van der Waals surface area contributed by atoms with Gasteiger partial charge in [-0.2, -0.15) is 0 Å². The lowest BCUT2D eigenvalue weighted by molar-refractivity contribution is 0.0786. The molecular weight excluding hydrogens is 228 g/mol. The summed E-state index contributed by atoms with van der Waals surface area (Å²) in [5, 5.41) is 11.3. The Hall–Kier alpha value is -1.65. The molecule has 2 rings (SSSR count). The van der Waals surface area contributed by atoms with E-state index in [1.807, 2.05) is 11.0 Å². The molecule has 0 aromatic carbocycles. The van der Waals surface area contributed by atoms with Crippen molar-refractivity contribution in [2.75, 3.05) is 18.4 Å². The fourth-order valence-electron chi connectivity index (χ4n) is 1.96. The Kier molecular flexibility index (Phi) is 4.12. The fourth-order valence-corrected chi connectivity index (χ4v) is 1.96. The Morgan fingerprint density at radius 1 is 1.39 bits per heavy atom. The molecule has 0 bridgehead atoms. The second-order valence-electron chi connectivity index (χ2n) is 4.76. The molecule has 0 spiro atoms. The molecule has 1 aliphatic rings. The van der Waals surface area contributed by atoms with E-state index >= 15 is 0 Å². The van der Waals surface area contributed by atoms with E-state index < -0.39 is 0 Å². The van der Waals surface area contributed by atoms with Crippen LogP contribution >= 0.6 is 0 Å². The van der Waals surface area contributed by atoms with Gasteiger partial charge in [0.1, 0.15) is 5.82 Å². The predicted octanol–water partition coefficient (Wildman–Crippen LogP) is 1.92. The standard InChI is InChI=1S/C13H20N4O/c1-3-10(2)14-12-7-6-11(15-16-12)13(18)17-8-4-5-9-17/h6-7,10H,3-5,8-9H2,1-2H3,(H,14,16). The summed E-state index contributed by atoms with van der Waals surface area (Å²) < 4.78 is 0. The molecule has 1 aromatic heterocycles. The number of hydrogen-bond donors (Lipinski definition) is 1. The highest BCUT2D eigenvalue weighted by Gasteiger charge is 2.20. The predicted molar refractivity (Wildman–Crippen MR) is 70.5 cm³/mol. The summed E-state index contributed by atoms with van der Waals surface area (Å²) >= 11 is 0. The highest BCUT2D eigenvalue weighted by atomic mass is 16.2. The van der Waals surface area contributed by atoms with Crippen molar-refractivity contribution in [2.24, 2.45) is 0 Å². The lowest BCUT2D eigenvalue weighted by Crippen LogP contribution is -2.28. The van der Waals surface area contributed by atoms with Gasteiger partial charge in [0.05, 0.1) is 0 Å². The van der Waals surface area contributed by atoms with Crippen LogP contribution in [0.15, 0.2) is 12.1 Å². The topological polar surface area (TPSA) is 58.1 Å². The summed E-state index contributed by atoms with van der Waals surface area (Å²) in [4.78, 5) is 13.9. The average Bonchev–Trinajstić information content (AvgIpc) is 2.92. The smallest absolute Gasteiger partial charge is 0.274 e. The van der Waals surface area contributed by atoms with Crippen molar-refractivity contribution in [1.29, 1.82) is 0 Å². The van der Waals surface area contributed by atoms with Crippen LogP contribution < -0.4 is 5.32 Å². The molecule has 1 amide bonds. The van der Waals surface area contributed by atoms with Crippen LogP contribution in [0.5, 0.6) is 0 Å². The Balaban J connectivity index is 2.00. The van der Waals surface area contributed by atoms with Crippen LogP contribution in [0, 0.1) is 0 Å². The largest absolute Gasteiger partial charge is 0.366 e. The average molecular weight is 248 g/mol. The zero-order valence-corrected chi connectivity index (χ0v) is 11.0. The molecular formula is C13H20N4O. The minimum Gasteiger partial charge on any atom is -0.366 e. The van der Waals surface area contributed by atoms with E-state index in [2.05, 4.69) is 29.4 Å². The monoisotopic (exact) mass is 248 g/mol. The van der Waals surface area contributed by atoms with Gasteiger partial charge in [-0.1, -0.05) is 6.92 Å². The maximum Gasteiger partial charge on any atom is 0.274 e. The third-order valence-electron chi connectivity index (χ3n) is 3.28. The number of aromatic nitrogens is 2. The zero-order chi connectivity index (χ0) is 13.0. The highest BCUT2D eigenvalue weighted by Crippen LogP contribution is 2.12. The van der Waals surface area contributed by atoms with Gasteiger partial charge < -0.3 is 10.2 Å². The van der Waals surface area contributed by atoms with E-state index in [1.165, 1.54) is 0 Å². The maximum absolute atomic E-state index is 12.0. The van der Waals surface area contributed by atoms with Crippen LogP contribution in [0.3, 0.4) is 0 Å². The van der Waals surface area contributed by atoms with E-state index in [1.54, 1.807) is 6.07 Å². The number of likely N-dealkylation sites (tertiary alicyclic amines) is 1. The molecule has 1 saturated heterocycles. The van der Waals surface area contributed by atoms with E-state index in [-0.39, 0.29) is 5.91 Å². The number of carbonyl (C=O) groups excluding carboxylic acids is 1. The van der Waals surface area contributed by atoms with Crippen LogP contribution in [0.4, 0.5) is 5.82 Å². The molecule has 5 nitrogen and oxygen atoms in total. The number of amides is 1. The highest BCUT2D eigenvalue weighted by molar-refractivity contribution is 5.92. The van der Waals surface area contributed by atoms with Gasteiger partial charge in [0, 0.05) is 19.1 Å². The van der Waals surface area contributed by atoms with Crippen LogP contribution in [-0.4, -0.2) is 40.1 Å². The molecule has 98 valence electrons. The van der Waals surface area contributed by atoms with E-state index in [0.717, 1.165) is 38.2 Å². The first-order chi connectivity index (χ1) is 8.70. The van der Waals surface area contributed by atoms with Crippen molar-refractivity contribution in [1.82, 2.24) is 15.1 Å². The molecule has 2 heterocycles. The van der Waals surface area contributed by atoms with Gasteiger partial charge in [-0.15, -0.1) is 10.2 Å². The van der Waals surface area contributed by atoms with Gasteiger partial charge in [0.25, 0.3) is 5.91 Å². The van der Waals surface area contributed by atoms with Crippen LogP contribution in [0.1, 0.15) is 43.6 Å². The minimum atomic E-state index is -0.00455. The number of nitrogens with zero attached hydrogens (tertiary/aromatic N) is 3. The first-order valence-corrected chi connectivity index (χ1v) is 6.60. The molecule has 1 N–H and O–H groups in total. The van der Waals surface area contributed by atoms with Crippen molar-refractivity contribution < 1.29 is 4.79 Å². The Morgan fingerprint density at radius 3 is 2.67 bits per heavy atom. The van der Waals surface area contributed by atoms with Gasteiger partial charge in [-0.05, 0) is 38.3 Å². The van der Waals surface area contributed by atoms with Crippen LogP contribution in [-0.2, 0) is 0 Å². The molecule has 0 aliphatic carbocycles. The minimum absolute atomic E-state index is 0.00455. The Bertz CT molecular complexity index is 398. The lowest BCUT2D eigenvalue weighted by atomic mass is 10.2. The number of carbonyl (C=O) groups is 1. The van der Waals surface area contributed by atoms with E-state index in [9.17, 15) is 4.79 Å². The summed E-state index contributed by atoms with van der Waals surface area (Å²) in [5.74, 6) is 0.720. The van der Waals surface area contributed by atoms with Crippen molar-refractivity contribution in [3.63, 3.8) is 0 Å². The van der Waals surface area contributed by atoms with Gasteiger partial charge in [-0.3, -0.25) is 4.79 Å². The summed E-state index contributed by atoms with van der Waals surface area (Å²) in [6, 6.07) is 3.93. The number of anilines is 1. The zero-order valence-electron chi connectivity index (χ0n) is 11.0. The van der Waals surface area contributed by atoms with Crippen molar-refractivity contribution in [2.45, 2.75) is 39.2 Å². The van der Waals surface area contributed by atoms with E-state index in [4.69, 9.17) is 0 Å². The molecule has 0 radical (unpaired) electrons. The molecule has 1 atom stereocenters. The number of hydrogen-bond acceptors (Lipinski definition) is 4. The quantitative estimate of drug-likeness (QED) is 0.884. The number of rotatable bonds is 4. The van der Waals surface area contributed by atoms with Gasteiger partial charge in [-0.25, -0.2) is 0 Å². The normalized spacial score (nSPS) is 16.7. The van der Waals surface area contributed by atoms with E-state index in [0.29, 0.717) is 11.7 Å². The maximum atomic E-state index is 12.0. The fraction of sp³-hybridized carbons (Fsp3) is 0.615. The van der Waals surface area contributed by atoms with Gasteiger partial charge in [0.15, 0.2) is 5.69 Å². The molecule has 0 saturated carbocycles. The summed E-state index contributed by atoms with van der Waals surface area (Å²) in [7, 11) is 0. The molecule has 1 aliphatic heterocycles. The summed E-state index contributed by atoms with van der Waals surface area (Å²) in [5.41, 5.74) is 0.437. The molecule has 1 aromatic rings. The van der Waals surface area contributed by atoms with Crippen LogP contribution in [0.2, 0.25) is 0 Å². The van der Waals surface area contributed by atoms with Gasteiger partial charge >= 0.3 is 0 Å². The SMILES string of the molecule is CCC(C)Nc1ccc(C(=O)N2CCCC2)nn1. The third kappa shape index (κ3) is 2.97. The molecule has 1 unspecified atom stereocenters. The lowest BCUT2D eigenvalue weighted by Gasteiger charge is -2.15. The molecule has 1 fully saturated rings. The Morgan fingerprint density at radius 2 is 2.11 bits per heavy atom. The third-order valence-corrected chi connectivity index (χ3v) is 3.28. The van der Waals surface area contributed by atoms with Crippen LogP contribution in [0.25, 0.3) is 0 Å². The van der Waals surface area contributed by atoms with Crippen molar-refractivity contribution in [3.8, 4) is 0 Å². The second kappa shape index (κ2) is 5.80. The Labute approximate surface area is 108 Å². The first kappa shape index (κ1) is 12.8. The molecule has 5 heteroatoms. The summed E-state index contributed by atoms with van der Waals surface area (Å²) in [6.45, 7) is 5.88. The van der Waals surface area contributed by atoms with Crippen molar-refractivity contribution in [3.05, 3.63) is 17.8 Å². The van der Waals surface area contributed by atoms with Crippen molar-refractivity contribution >= 4 is 11.7 Å². The second-order valence-corrected chi connectivity index (χ2v) is 4.76. The number of nitrogens with one attached hydrogen (secondary N) is 1. The summed E-state index contributed by atoms with van der Waals surface area (Å²) in [6.07, 6.45) is 3.20. The molecule has 18 heavy (non-hydrogen) atoms. The van der Waals surface area contributed by atoms with Gasteiger partial charge in [0.2, 0.25) is 0 Å². The first-order valence-electron chi connectivity index (χ1n) is 6.60.